The number of aryl methyl sites for hydroxylation is 1. The van der Waals surface area contributed by atoms with Crippen molar-refractivity contribution in [3.05, 3.63) is 29.6 Å². The maximum atomic E-state index is 4.65. The van der Waals surface area contributed by atoms with Crippen LogP contribution < -0.4 is 0 Å². The van der Waals surface area contributed by atoms with Gasteiger partial charge in [0.25, 0.3) is 0 Å². The third kappa shape index (κ3) is 3.75. The van der Waals surface area contributed by atoms with Gasteiger partial charge in [-0.1, -0.05) is 26.3 Å². The zero-order valence-electron chi connectivity index (χ0n) is 9.38. The Balaban J connectivity index is 2.63. The summed E-state index contributed by atoms with van der Waals surface area (Å²) >= 11 is 0. The SMILES string of the molecule is CCCc1cccc(CC(C)PC)n1. The Hall–Kier alpha value is -0.420. The standard InChI is InChI=1S/C12H20NP/c1-4-6-11-7-5-8-12(13-11)9-10(2)14-3/h5,7-8,10,14H,4,6,9H2,1-3H3. The van der Waals surface area contributed by atoms with Crippen molar-refractivity contribution >= 4 is 8.58 Å². The van der Waals surface area contributed by atoms with Crippen LogP contribution in [0, 0.1) is 0 Å². The summed E-state index contributed by atoms with van der Waals surface area (Å²) in [6.07, 6.45) is 3.42. The minimum absolute atomic E-state index is 0.777. The third-order valence-electron chi connectivity index (χ3n) is 2.38. The van der Waals surface area contributed by atoms with Crippen molar-refractivity contribution in [2.45, 2.75) is 38.8 Å². The second-order valence-electron chi connectivity index (χ2n) is 3.76. The van der Waals surface area contributed by atoms with E-state index in [0.717, 1.165) is 27.1 Å². The molecule has 2 atom stereocenters. The lowest BCUT2D eigenvalue weighted by atomic mass is 10.2. The molecule has 0 radical (unpaired) electrons. The van der Waals surface area contributed by atoms with E-state index in [0.29, 0.717) is 0 Å². The van der Waals surface area contributed by atoms with Crippen molar-refractivity contribution in [2.75, 3.05) is 6.66 Å². The van der Waals surface area contributed by atoms with E-state index >= 15 is 0 Å². The number of nitrogens with zero attached hydrogens (tertiary/aromatic N) is 1. The molecule has 0 aliphatic rings. The Morgan fingerprint density at radius 2 is 2.07 bits per heavy atom. The van der Waals surface area contributed by atoms with Crippen LogP contribution in [0.15, 0.2) is 18.2 Å². The molecule has 1 nitrogen and oxygen atoms in total. The molecule has 0 spiro atoms. The van der Waals surface area contributed by atoms with Crippen LogP contribution in [0.2, 0.25) is 0 Å². The number of aromatic nitrogens is 1. The van der Waals surface area contributed by atoms with Crippen LogP contribution in [-0.4, -0.2) is 17.3 Å². The molecule has 0 aliphatic heterocycles. The molecule has 1 aromatic rings. The molecule has 0 amide bonds. The minimum atomic E-state index is 0.777. The number of pyridine rings is 1. The highest BCUT2D eigenvalue weighted by atomic mass is 31.1. The van der Waals surface area contributed by atoms with Crippen molar-refractivity contribution < 1.29 is 0 Å². The first-order chi connectivity index (χ1) is 6.76. The Labute approximate surface area is 89.1 Å². The second kappa shape index (κ2) is 6.14. The van der Waals surface area contributed by atoms with Gasteiger partial charge in [0.15, 0.2) is 0 Å². The lowest BCUT2D eigenvalue weighted by Gasteiger charge is -2.08. The quantitative estimate of drug-likeness (QED) is 0.678. The predicted molar refractivity (Wildman–Crippen MR) is 65.6 cm³/mol. The Morgan fingerprint density at radius 1 is 1.36 bits per heavy atom. The van der Waals surface area contributed by atoms with Gasteiger partial charge in [0, 0.05) is 11.4 Å². The first-order valence-electron chi connectivity index (χ1n) is 5.38. The molecule has 0 N–H and O–H groups in total. The summed E-state index contributed by atoms with van der Waals surface area (Å²) < 4.78 is 0. The monoisotopic (exact) mass is 209 g/mol. The molecular weight excluding hydrogens is 189 g/mol. The maximum absolute atomic E-state index is 4.65. The molecule has 2 unspecified atom stereocenters. The molecular formula is C12H20NP. The molecule has 1 aromatic heterocycles. The van der Waals surface area contributed by atoms with E-state index in [-0.39, 0.29) is 0 Å². The van der Waals surface area contributed by atoms with Crippen molar-refractivity contribution in [3.8, 4) is 0 Å². The first kappa shape index (κ1) is 11.7. The van der Waals surface area contributed by atoms with Crippen LogP contribution in [0.4, 0.5) is 0 Å². The van der Waals surface area contributed by atoms with Crippen molar-refractivity contribution in [1.29, 1.82) is 0 Å². The molecule has 14 heavy (non-hydrogen) atoms. The lowest BCUT2D eigenvalue weighted by Crippen LogP contribution is -2.02. The van der Waals surface area contributed by atoms with Gasteiger partial charge in [0.1, 0.15) is 0 Å². The summed E-state index contributed by atoms with van der Waals surface area (Å²) in [5, 5.41) is 0. The van der Waals surface area contributed by atoms with Crippen LogP contribution in [0.25, 0.3) is 0 Å². The highest BCUT2D eigenvalue weighted by molar-refractivity contribution is 7.37. The van der Waals surface area contributed by atoms with Crippen LogP contribution in [0.1, 0.15) is 31.7 Å². The van der Waals surface area contributed by atoms with E-state index in [1.165, 1.54) is 17.8 Å². The number of hydrogen-bond acceptors (Lipinski definition) is 1. The fraction of sp³-hybridized carbons (Fsp3) is 0.583. The van der Waals surface area contributed by atoms with Crippen LogP contribution in [0.5, 0.6) is 0 Å². The predicted octanol–water partition coefficient (Wildman–Crippen LogP) is 3.27. The van der Waals surface area contributed by atoms with E-state index < -0.39 is 0 Å². The fourth-order valence-electron chi connectivity index (χ4n) is 1.45. The Kier molecular flexibility index (Phi) is 5.11. The molecule has 0 bridgehead atoms. The first-order valence-corrected chi connectivity index (χ1v) is 6.96. The van der Waals surface area contributed by atoms with E-state index in [1.54, 1.807) is 0 Å². The summed E-state index contributed by atoms with van der Waals surface area (Å²) in [5.41, 5.74) is 3.29. The molecule has 1 rings (SSSR count). The largest absolute Gasteiger partial charge is 0.258 e. The summed E-state index contributed by atoms with van der Waals surface area (Å²) in [4.78, 5) is 4.65. The van der Waals surface area contributed by atoms with Crippen molar-refractivity contribution in [1.82, 2.24) is 4.98 Å². The van der Waals surface area contributed by atoms with Crippen LogP contribution >= 0.6 is 8.58 Å². The minimum Gasteiger partial charge on any atom is -0.258 e. The van der Waals surface area contributed by atoms with Gasteiger partial charge in [-0.15, -0.1) is 8.58 Å². The van der Waals surface area contributed by atoms with Gasteiger partial charge in [-0.2, -0.15) is 0 Å². The summed E-state index contributed by atoms with van der Waals surface area (Å²) in [7, 11) is 1.01. The van der Waals surface area contributed by atoms with Gasteiger partial charge in [-0.3, -0.25) is 4.98 Å². The normalized spacial score (nSPS) is 13.6. The third-order valence-corrected chi connectivity index (χ3v) is 3.57. The number of hydrogen-bond donors (Lipinski definition) is 0. The van der Waals surface area contributed by atoms with Crippen LogP contribution in [0.3, 0.4) is 0 Å². The molecule has 0 aromatic carbocycles. The highest BCUT2D eigenvalue weighted by Gasteiger charge is 2.02. The molecule has 0 fully saturated rings. The summed E-state index contributed by atoms with van der Waals surface area (Å²) in [6.45, 7) is 6.76. The summed E-state index contributed by atoms with van der Waals surface area (Å²) in [5.74, 6) is 0. The van der Waals surface area contributed by atoms with E-state index in [9.17, 15) is 0 Å². The smallest absolute Gasteiger partial charge is 0.0413 e. The van der Waals surface area contributed by atoms with Crippen molar-refractivity contribution in [2.24, 2.45) is 0 Å². The van der Waals surface area contributed by atoms with Gasteiger partial charge in [0.05, 0.1) is 0 Å². The van der Waals surface area contributed by atoms with Gasteiger partial charge in [0.2, 0.25) is 0 Å². The average Bonchev–Trinajstić information content (AvgIpc) is 2.19. The van der Waals surface area contributed by atoms with Crippen LogP contribution in [-0.2, 0) is 12.8 Å². The fourth-order valence-corrected chi connectivity index (χ4v) is 1.87. The highest BCUT2D eigenvalue weighted by Crippen LogP contribution is 2.17. The molecule has 2 heteroatoms. The second-order valence-corrected chi connectivity index (χ2v) is 5.33. The topological polar surface area (TPSA) is 12.9 Å². The van der Waals surface area contributed by atoms with Crippen molar-refractivity contribution in [3.63, 3.8) is 0 Å². The lowest BCUT2D eigenvalue weighted by molar-refractivity contribution is 0.837. The van der Waals surface area contributed by atoms with E-state index in [2.05, 4.69) is 43.7 Å². The maximum Gasteiger partial charge on any atom is 0.0413 e. The molecule has 78 valence electrons. The molecule has 0 saturated carbocycles. The van der Waals surface area contributed by atoms with Gasteiger partial charge >= 0.3 is 0 Å². The van der Waals surface area contributed by atoms with E-state index in [4.69, 9.17) is 0 Å². The molecule has 0 aliphatic carbocycles. The van der Waals surface area contributed by atoms with Gasteiger partial charge in [-0.25, -0.2) is 0 Å². The summed E-state index contributed by atoms with van der Waals surface area (Å²) in [6, 6.07) is 6.42. The van der Waals surface area contributed by atoms with Gasteiger partial charge < -0.3 is 0 Å². The Morgan fingerprint density at radius 3 is 2.71 bits per heavy atom. The zero-order valence-corrected chi connectivity index (χ0v) is 10.4. The zero-order chi connectivity index (χ0) is 10.4. The average molecular weight is 209 g/mol. The Bertz CT molecular complexity index is 273. The van der Waals surface area contributed by atoms with E-state index in [1.807, 2.05) is 0 Å². The van der Waals surface area contributed by atoms with Gasteiger partial charge in [-0.05, 0) is 37.3 Å². The molecule has 0 saturated heterocycles. The number of rotatable bonds is 5. The molecule has 1 heterocycles.